The van der Waals surface area contributed by atoms with Gasteiger partial charge in [-0.05, 0) is 19.3 Å². The average Bonchev–Trinajstić information content (AvgIpc) is 2.92. The summed E-state index contributed by atoms with van der Waals surface area (Å²) in [5.41, 5.74) is 0.961. The molecule has 1 aliphatic heterocycles. The number of ether oxygens (including phenoxy) is 1. The third-order valence-electron chi connectivity index (χ3n) is 3.15. The monoisotopic (exact) mass is 252 g/mol. The zero-order valence-electron chi connectivity index (χ0n) is 9.58. The molecule has 2 aromatic rings. The van der Waals surface area contributed by atoms with Gasteiger partial charge in [0.25, 0.3) is 0 Å². The van der Waals surface area contributed by atoms with Crippen LogP contribution in [0.5, 0.6) is 0 Å². The lowest BCUT2D eigenvalue weighted by Crippen LogP contribution is -2.19. The van der Waals surface area contributed by atoms with E-state index in [1.165, 1.54) is 0 Å². The highest BCUT2D eigenvalue weighted by atomic mass is 32.1. The number of rotatable bonds is 4. The fraction of sp³-hybridized carbons (Fsp3) is 0.583. The average molecular weight is 252 g/mol. The van der Waals surface area contributed by atoms with E-state index in [0.717, 1.165) is 36.5 Å². The van der Waals surface area contributed by atoms with E-state index < -0.39 is 0 Å². The molecule has 1 N–H and O–H groups in total. The molecule has 0 aliphatic carbocycles. The molecule has 2 unspecified atom stereocenters. The molecular weight excluding hydrogens is 236 g/mol. The van der Waals surface area contributed by atoms with Crippen molar-refractivity contribution >= 4 is 16.3 Å². The predicted molar refractivity (Wildman–Crippen MR) is 66.4 cm³/mol. The van der Waals surface area contributed by atoms with Crippen molar-refractivity contribution in [1.82, 2.24) is 9.38 Å². The van der Waals surface area contributed by atoms with Gasteiger partial charge in [0.05, 0.1) is 17.9 Å². The summed E-state index contributed by atoms with van der Waals surface area (Å²) >= 11 is 1.61. The number of imidazole rings is 1. The van der Waals surface area contributed by atoms with Crippen LogP contribution in [-0.4, -0.2) is 33.3 Å². The molecule has 17 heavy (non-hydrogen) atoms. The Morgan fingerprint density at radius 1 is 1.65 bits per heavy atom. The fourth-order valence-electron chi connectivity index (χ4n) is 2.33. The van der Waals surface area contributed by atoms with Gasteiger partial charge in [0.1, 0.15) is 0 Å². The maximum absolute atomic E-state index is 10.00. The smallest absolute Gasteiger partial charge is 0.193 e. The first-order valence-electron chi connectivity index (χ1n) is 6.02. The van der Waals surface area contributed by atoms with Crippen LogP contribution >= 0.6 is 11.3 Å². The van der Waals surface area contributed by atoms with Crippen molar-refractivity contribution in [2.24, 2.45) is 0 Å². The van der Waals surface area contributed by atoms with Gasteiger partial charge in [0, 0.05) is 30.8 Å². The highest BCUT2D eigenvalue weighted by Crippen LogP contribution is 2.19. The SMILES string of the molecule is OC(Cc1cn2ccsc2n1)CC1CCCO1. The van der Waals surface area contributed by atoms with Crippen LogP contribution in [0.4, 0.5) is 0 Å². The van der Waals surface area contributed by atoms with Crippen molar-refractivity contribution in [2.75, 3.05) is 6.61 Å². The Hall–Kier alpha value is -0.910. The molecule has 1 saturated heterocycles. The van der Waals surface area contributed by atoms with Gasteiger partial charge < -0.3 is 9.84 Å². The van der Waals surface area contributed by atoms with Gasteiger partial charge in [-0.25, -0.2) is 4.98 Å². The standard InChI is InChI=1S/C12H16N2O2S/c15-10(7-11-2-1-4-16-11)6-9-8-14-3-5-17-12(14)13-9/h3,5,8,10-11,15H,1-2,4,6-7H2. The predicted octanol–water partition coefficient (Wildman–Crippen LogP) is 1.87. The Balaban J connectivity index is 1.60. The Kier molecular flexibility index (Phi) is 3.13. The van der Waals surface area contributed by atoms with Crippen LogP contribution in [0.25, 0.3) is 4.96 Å². The number of aliphatic hydroxyl groups is 1. The lowest BCUT2D eigenvalue weighted by Gasteiger charge is -2.13. The molecule has 0 amide bonds. The minimum Gasteiger partial charge on any atom is -0.393 e. The maximum atomic E-state index is 10.00. The van der Waals surface area contributed by atoms with Crippen LogP contribution in [0.1, 0.15) is 25.0 Å². The normalized spacial score (nSPS) is 22.3. The number of thiazole rings is 1. The van der Waals surface area contributed by atoms with E-state index in [1.54, 1.807) is 11.3 Å². The Morgan fingerprint density at radius 3 is 3.35 bits per heavy atom. The fourth-order valence-corrected chi connectivity index (χ4v) is 3.05. The van der Waals surface area contributed by atoms with Gasteiger partial charge in [-0.15, -0.1) is 11.3 Å². The van der Waals surface area contributed by atoms with Crippen molar-refractivity contribution in [3.63, 3.8) is 0 Å². The van der Waals surface area contributed by atoms with Gasteiger partial charge in [-0.1, -0.05) is 0 Å². The Morgan fingerprint density at radius 2 is 2.59 bits per heavy atom. The molecule has 2 aromatic heterocycles. The summed E-state index contributed by atoms with van der Waals surface area (Å²) in [5, 5.41) is 12.0. The third-order valence-corrected chi connectivity index (χ3v) is 3.92. The molecule has 4 nitrogen and oxygen atoms in total. The molecule has 0 saturated carbocycles. The van der Waals surface area contributed by atoms with Gasteiger partial charge in [-0.3, -0.25) is 4.40 Å². The van der Waals surface area contributed by atoms with Crippen molar-refractivity contribution in [1.29, 1.82) is 0 Å². The van der Waals surface area contributed by atoms with Crippen LogP contribution in [0.3, 0.4) is 0 Å². The topological polar surface area (TPSA) is 46.8 Å². The summed E-state index contributed by atoms with van der Waals surface area (Å²) in [6, 6.07) is 0. The molecule has 5 heteroatoms. The summed E-state index contributed by atoms with van der Waals surface area (Å²) in [6.07, 6.45) is 7.43. The van der Waals surface area contributed by atoms with Crippen LogP contribution in [0, 0.1) is 0 Å². The first-order chi connectivity index (χ1) is 8.31. The minimum absolute atomic E-state index is 0.244. The van der Waals surface area contributed by atoms with Gasteiger partial charge in [0.2, 0.25) is 0 Å². The number of nitrogens with zero attached hydrogens (tertiary/aromatic N) is 2. The van der Waals surface area contributed by atoms with Crippen molar-refractivity contribution in [2.45, 2.75) is 37.9 Å². The number of aromatic nitrogens is 2. The minimum atomic E-state index is -0.345. The molecule has 1 aliphatic rings. The second-order valence-electron chi connectivity index (χ2n) is 4.55. The van der Waals surface area contributed by atoms with E-state index in [4.69, 9.17) is 4.74 Å². The van der Waals surface area contributed by atoms with Crippen LogP contribution in [0.15, 0.2) is 17.8 Å². The molecule has 0 spiro atoms. The first-order valence-corrected chi connectivity index (χ1v) is 6.90. The molecule has 3 rings (SSSR count). The van der Waals surface area contributed by atoms with E-state index in [9.17, 15) is 5.11 Å². The molecule has 0 aromatic carbocycles. The van der Waals surface area contributed by atoms with Crippen LogP contribution in [-0.2, 0) is 11.2 Å². The third kappa shape index (κ3) is 2.51. The maximum Gasteiger partial charge on any atom is 0.193 e. The van der Waals surface area contributed by atoms with Gasteiger partial charge in [0.15, 0.2) is 4.96 Å². The molecule has 0 radical (unpaired) electrons. The lowest BCUT2D eigenvalue weighted by molar-refractivity contribution is 0.0538. The molecule has 1 fully saturated rings. The summed E-state index contributed by atoms with van der Waals surface area (Å²) in [4.78, 5) is 5.46. The van der Waals surface area contributed by atoms with Crippen molar-refractivity contribution < 1.29 is 9.84 Å². The van der Waals surface area contributed by atoms with E-state index in [-0.39, 0.29) is 12.2 Å². The van der Waals surface area contributed by atoms with Crippen molar-refractivity contribution in [3.8, 4) is 0 Å². The summed E-state index contributed by atoms with van der Waals surface area (Å²) < 4.78 is 7.52. The second-order valence-corrected chi connectivity index (χ2v) is 5.43. The largest absolute Gasteiger partial charge is 0.393 e. The van der Waals surface area contributed by atoms with Crippen LogP contribution < -0.4 is 0 Å². The quantitative estimate of drug-likeness (QED) is 0.903. The van der Waals surface area contributed by atoms with Crippen molar-refractivity contribution in [3.05, 3.63) is 23.5 Å². The van der Waals surface area contributed by atoms with E-state index in [0.29, 0.717) is 6.42 Å². The number of hydrogen-bond donors (Lipinski definition) is 1. The summed E-state index contributed by atoms with van der Waals surface area (Å²) in [7, 11) is 0. The van der Waals surface area contributed by atoms with E-state index in [1.807, 2.05) is 22.2 Å². The summed E-state index contributed by atoms with van der Waals surface area (Å²) in [6.45, 7) is 0.845. The molecule has 3 heterocycles. The van der Waals surface area contributed by atoms with E-state index in [2.05, 4.69) is 4.98 Å². The Bertz CT molecular complexity index is 459. The molecule has 0 bridgehead atoms. The molecular formula is C12H16N2O2S. The van der Waals surface area contributed by atoms with Gasteiger partial charge >= 0.3 is 0 Å². The highest BCUT2D eigenvalue weighted by molar-refractivity contribution is 7.15. The van der Waals surface area contributed by atoms with Gasteiger partial charge in [-0.2, -0.15) is 0 Å². The summed E-state index contributed by atoms with van der Waals surface area (Å²) in [5.74, 6) is 0. The Labute approximate surface area is 104 Å². The number of aliphatic hydroxyl groups excluding tert-OH is 1. The lowest BCUT2D eigenvalue weighted by atomic mass is 10.1. The number of hydrogen-bond acceptors (Lipinski definition) is 4. The zero-order chi connectivity index (χ0) is 11.7. The zero-order valence-corrected chi connectivity index (χ0v) is 10.4. The van der Waals surface area contributed by atoms with E-state index >= 15 is 0 Å². The second kappa shape index (κ2) is 4.76. The molecule has 92 valence electrons. The number of fused-ring (bicyclic) bond motifs is 1. The first kappa shape index (κ1) is 11.2. The molecule has 2 atom stereocenters. The van der Waals surface area contributed by atoms with Crippen LogP contribution in [0.2, 0.25) is 0 Å². The highest BCUT2D eigenvalue weighted by Gasteiger charge is 2.20.